The topological polar surface area (TPSA) is 98.7 Å². The van der Waals surface area contributed by atoms with Crippen molar-refractivity contribution in [3.63, 3.8) is 0 Å². The van der Waals surface area contributed by atoms with E-state index in [4.69, 9.17) is 4.42 Å². The highest BCUT2D eigenvalue weighted by Gasteiger charge is 2.13. The molecule has 2 rings (SSSR count). The van der Waals surface area contributed by atoms with Gasteiger partial charge in [0.15, 0.2) is 6.54 Å². The van der Waals surface area contributed by atoms with Crippen molar-refractivity contribution in [2.24, 2.45) is 0 Å². The standard InChI is InChI=1S/C12H14N4O3/c1-8(2)13-7-11-14-15-12(19-11)9-4-3-5-10(6-9)16(17)18/h3-6,8,13H,7H2,1-2H3/p+1. The molecule has 7 nitrogen and oxygen atoms in total. The van der Waals surface area contributed by atoms with Crippen LogP contribution >= 0.6 is 0 Å². The molecule has 0 aliphatic carbocycles. The van der Waals surface area contributed by atoms with Crippen LogP contribution in [0.5, 0.6) is 0 Å². The molecule has 0 spiro atoms. The van der Waals surface area contributed by atoms with Gasteiger partial charge in [0.25, 0.3) is 11.6 Å². The summed E-state index contributed by atoms with van der Waals surface area (Å²) in [5.74, 6) is 0.811. The Morgan fingerprint density at radius 3 is 2.89 bits per heavy atom. The van der Waals surface area contributed by atoms with Crippen molar-refractivity contribution in [2.45, 2.75) is 26.4 Å². The molecule has 2 aromatic rings. The smallest absolute Gasteiger partial charge is 0.271 e. The van der Waals surface area contributed by atoms with Gasteiger partial charge in [-0.1, -0.05) is 6.07 Å². The minimum Gasteiger partial charge on any atom is -0.415 e. The Hall–Kier alpha value is -2.28. The van der Waals surface area contributed by atoms with E-state index in [0.29, 0.717) is 29.9 Å². The van der Waals surface area contributed by atoms with Crippen LogP contribution in [0.25, 0.3) is 11.5 Å². The molecule has 0 amide bonds. The van der Waals surface area contributed by atoms with Gasteiger partial charge in [0.1, 0.15) is 0 Å². The monoisotopic (exact) mass is 263 g/mol. The fourth-order valence-corrected chi connectivity index (χ4v) is 1.54. The number of hydrogen-bond acceptors (Lipinski definition) is 5. The van der Waals surface area contributed by atoms with E-state index in [1.54, 1.807) is 12.1 Å². The molecule has 100 valence electrons. The largest absolute Gasteiger partial charge is 0.415 e. The highest BCUT2D eigenvalue weighted by molar-refractivity contribution is 5.57. The summed E-state index contributed by atoms with van der Waals surface area (Å²) in [5, 5.41) is 20.6. The Kier molecular flexibility index (Phi) is 3.86. The number of benzene rings is 1. The average Bonchev–Trinajstić information content (AvgIpc) is 2.85. The number of nitrogens with zero attached hydrogens (tertiary/aromatic N) is 3. The second-order valence-electron chi connectivity index (χ2n) is 4.49. The maximum Gasteiger partial charge on any atom is 0.271 e. The molecule has 0 radical (unpaired) electrons. The van der Waals surface area contributed by atoms with Crippen LogP contribution in [0.2, 0.25) is 0 Å². The lowest BCUT2D eigenvalue weighted by Crippen LogP contribution is -2.87. The van der Waals surface area contributed by atoms with E-state index in [9.17, 15) is 10.1 Å². The Morgan fingerprint density at radius 1 is 1.42 bits per heavy atom. The van der Waals surface area contributed by atoms with Crippen molar-refractivity contribution in [1.82, 2.24) is 10.2 Å². The Balaban J connectivity index is 2.18. The number of rotatable bonds is 5. The van der Waals surface area contributed by atoms with Crippen molar-refractivity contribution in [2.75, 3.05) is 0 Å². The van der Waals surface area contributed by atoms with Crippen LogP contribution < -0.4 is 5.32 Å². The average molecular weight is 263 g/mol. The van der Waals surface area contributed by atoms with Gasteiger partial charge in [0.05, 0.1) is 11.0 Å². The van der Waals surface area contributed by atoms with Crippen molar-refractivity contribution in [1.29, 1.82) is 0 Å². The van der Waals surface area contributed by atoms with Gasteiger partial charge in [0, 0.05) is 17.7 Å². The summed E-state index contributed by atoms with van der Waals surface area (Å²) in [4.78, 5) is 10.2. The van der Waals surface area contributed by atoms with E-state index in [1.165, 1.54) is 12.1 Å². The summed E-state index contributed by atoms with van der Waals surface area (Å²) in [7, 11) is 0. The van der Waals surface area contributed by atoms with Gasteiger partial charge in [-0.3, -0.25) is 10.1 Å². The fraction of sp³-hybridized carbons (Fsp3) is 0.333. The Bertz CT molecular complexity index is 580. The third-order valence-corrected chi connectivity index (χ3v) is 2.53. The molecule has 0 saturated heterocycles. The van der Waals surface area contributed by atoms with Crippen LogP contribution in [-0.2, 0) is 6.54 Å². The quantitative estimate of drug-likeness (QED) is 0.643. The molecule has 7 heteroatoms. The van der Waals surface area contributed by atoms with Crippen LogP contribution in [0.1, 0.15) is 19.7 Å². The first-order valence-electron chi connectivity index (χ1n) is 5.97. The summed E-state index contributed by atoms with van der Waals surface area (Å²) in [6.07, 6.45) is 0. The minimum absolute atomic E-state index is 0.00555. The number of nitro benzene ring substituents is 1. The summed E-state index contributed by atoms with van der Waals surface area (Å²) in [6, 6.07) is 6.58. The van der Waals surface area contributed by atoms with Gasteiger partial charge >= 0.3 is 0 Å². The zero-order valence-corrected chi connectivity index (χ0v) is 10.7. The van der Waals surface area contributed by atoms with Crippen LogP contribution in [0.3, 0.4) is 0 Å². The van der Waals surface area contributed by atoms with E-state index >= 15 is 0 Å². The summed E-state index contributed by atoms with van der Waals surface area (Å²) >= 11 is 0. The van der Waals surface area contributed by atoms with Crippen molar-refractivity contribution >= 4 is 5.69 Å². The summed E-state index contributed by atoms with van der Waals surface area (Å²) in [5.41, 5.74) is 0.559. The molecular formula is C12H15N4O3+. The highest BCUT2D eigenvalue weighted by Crippen LogP contribution is 2.22. The van der Waals surface area contributed by atoms with Crippen molar-refractivity contribution in [3.8, 4) is 11.5 Å². The van der Waals surface area contributed by atoms with Gasteiger partial charge in [-0.15, -0.1) is 10.2 Å². The molecule has 0 aliphatic rings. The normalized spacial score (nSPS) is 10.9. The highest BCUT2D eigenvalue weighted by atomic mass is 16.6. The predicted molar refractivity (Wildman–Crippen MR) is 67.2 cm³/mol. The maximum atomic E-state index is 10.7. The molecule has 0 saturated carbocycles. The Morgan fingerprint density at radius 2 is 2.21 bits per heavy atom. The molecule has 1 heterocycles. The predicted octanol–water partition coefficient (Wildman–Crippen LogP) is 1.12. The zero-order chi connectivity index (χ0) is 13.8. The Labute approximate surface area is 109 Å². The van der Waals surface area contributed by atoms with E-state index in [0.717, 1.165) is 0 Å². The van der Waals surface area contributed by atoms with Gasteiger partial charge in [-0.05, 0) is 19.9 Å². The number of quaternary nitrogens is 1. The van der Waals surface area contributed by atoms with E-state index in [2.05, 4.69) is 29.4 Å². The molecule has 0 bridgehead atoms. The third kappa shape index (κ3) is 3.35. The molecule has 1 aromatic carbocycles. The van der Waals surface area contributed by atoms with Gasteiger partial charge < -0.3 is 9.73 Å². The van der Waals surface area contributed by atoms with Crippen LogP contribution in [0, 0.1) is 10.1 Å². The number of aromatic nitrogens is 2. The van der Waals surface area contributed by atoms with Gasteiger partial charge in [-0.25, -0.2) is 0 Å². The first-order valence-corrected chi connectivity index (χ1v) is 5.97. The van der Waals surface area contributed by atoms with Gasteiger partial charge in [-0.2, -0.15) is 0 Å². The third-order valence-electron chi connectivity index (χ3n) is 2.53. The lowest BCUT2D eigenvalue weighted by atomic mass is 10.2. The summed E-state index contributed by atoms with van der Waals surface area (Å²) < 4.78 is 5.48. The van der Waals surface area contributed by atoms with E-state index in [1.807, 2.05) is 0 Å². The molecule has 0 aliphatic heterocycles. The van der Waals surface area contributed by atoms with E-state index < -0.39 is 4.92 Å². The number of non-ortho nitro benzene ring substituents is 1. The lowest BCUT2D eigenvalue weighted by Gasteiger charge is -2.00. The molecule has 0 fully saturated rings. The number of hydrogen-bond donors (Lipinski definition) is 1. The second kappa shape index (κ2) is 5.57. The number of nitro groups is 1. The molecule has 0 unspecified atom stereocenters. The van der Waals surface area contributed by atoms with Crippen LogP contribution in [-0.4, -0.2) is 21.2 Å². The van der Waals surface area contributed by atoms with Crippen LogP contribution in [0.15, 0.2) is 28.7 Å². The molecule has 19 heavy (non-hydrogen) atoms. The van der Waals surface area contributed by atoms with Crippen molar-refractivity contribution in [3.05, 3.63) is 40.3 Å². The zero-order valence-electron chi connectivity index (χ0n) is 10.7. The molecule has 2 N–H and O–H groups in total. The second-order valence-corrected chi connectivity index (χ2v) is 4.49. The maximum absolute atomic E-state index is 10.7. The number of nitrogens with two attached hydrogens (primary N) is 1. The fourth-order valence-electron chi connectivity index (χ4n) is 1.54. The van der Waals surface area contributed by atoms with E-state index in [-0.39, 0.29) is 5.69 Å². The lowest BCUT2D eigenvalue weighted by molar-refractivity contribution is -0.700. The van der Waals surface area contributed by atoms with Crippen molar-refractivity contribution < 1.29 is 14.7 Å². The minimum atomic E-state index is -0.451. The molecule has 1 aromatic heterocycles. The SMILES string of the molecule is CC(C)[NH2+]Cc1nnc(-c2cccc([N+](=O)[O-])c2)o1. The van der Waals surface area contributed by atoms with Crippen LogP contribution in [0.4, 0.5) is 5.69 Å². The van der Waals surface area contributed by atoms with Gasteiger partial charge in [0.2, 0.25) is 5.89 Å². The first kappa shape index (κ1) is 13.2. The summed E-state index contributed by atoms with van der Waals surface area (Å²) in [6.45, 7) is 4.73. The first-order chi connectivity index (χ1) is 9.06. The molecule has 0 atom stereocenters. The molecular weight excluding hydrogens is 248 g/mol.